The van der Waals surface area contributed by atoms with Crippen LogP contribution in [-0.4, -0.2) is 28.5 Å². The number of pyridine rings is 1. The van der Waals surface area contributed by atoms with Crippen LogP contribution in [0.3, 0.4) is 0 Å². The number of rotatable bonds is 5. The van der Waals surface area contributed by atoms with Crippen LogP contribution >= 0.6 is 15.9 Å². The number of likely N-dealkylation sites (tertiary alicyclic amines) is 1. The fraction of sp³-hybridized carbons (Fsp3) is 0.280. The first kappa shape index (κ1) is 23.2. The van der Waals surface area contributed by atoms with Crippen LogP contribution in [0.25, 0.3) is 5.69 Å². The number of aromatic nitrogens is 1. The zero-order chi connectivity index (χ0) is 23.5. The van der Waals surface area contributed by atoms with E-state index in [9.17, 15) is 18.4 Å². The topological polar surface area (TPSA) is 51.5 Å². The van der Waals surface area contributed by atoms with Crippen LogP contribution in [0.1, 0.15) is 40.9 Å². The first-order valence-electron chi connectivity index (χ1n) is 10.7. The number of hydrogen-bond donors (Lipinski definition) is 0. The Labute approximate surface area is 198 Å². The molecule has 5 nitrogen and oxygen atoms in total. The van der Waals surface area contributed by atoms with E-state index >= 15 is 0 Å². The summed E-state index contributed by atoms with van der Waals surface area (Å²) in [7, 11) is 0. The molecule has 0 saturated carbocycles. The zero-order valence-electron chi connectivity index (χ0n) is 18.1. The fourth-order valence-electron chi connectivity index (χ4n) is 3.96. The highest BCUT2D eigenvalue weighted by atomic mass is 79.9. The highest BCUT2D eigenvalue weighted by Gasteiger charge is 2.20. The van der Waals surface area contributed by atoms with Gasteiger partial charge < -0.3 is 9.64 Å². The van der Waals surface area contributed by atoms with E-state index in [1.165, 1.54) is 10.6 Å². The number of ether oxygens (including phenoxy) is 1. The third-order valence-electron chi connectivity index (χ3n) is 5.69. The molecule has 33 heavy (non-hydrogen) atoms. The van der Waals surface area contributed by atoms with Gasteiger partial charge in [0.2, 0.25) is 0 Å². The van der Waals surface area contributed by atoms with Crippen LogP contribution in [-0.2, 0) is 6.61 Å². The summed E-state index contributed by atoms with van der Waals surface area (Å²) in [6, 6.07) is 11.9. The molecule has 0 N–H and O–H groups in total. The van der Waals surface area contributed by atoms with Crippen molar-refractivity contribution in [3.63, 3.8) is 0 Å². The van der Waals surface area contributed by atoms with Gasteiger partial charge in [-0.25, -0.2) is 8.78 Å². The van der Waals surface area contributed by atoms with Crippen molar-refractivity contribution in [2.24, 2.45) is 0 Å². The molecule has 0 atom stereocenters. The molecule has 1 aromatic heterocycles. The predicted molar refractivity (Wildman–Crippen MR) is 125 cm³/mol. The Balaban J connectivity index is 1.61. The van der Waals surface area contributed by atoms with Gasteiger partial charge in [-0.2, -0.15) is 0 Å². The molecule has 0 bridgehead atoms. The summed E-state index contributed by atoms with van der Waals surface area (Å²) in [5, 5.41) is 0. The molecular formula is C25H23BrF2N2O3. The number of aryl methyl sites for hydroxylation is 1. The molecule has 172 valence electrons. The molecule has 1 saturated heterocycles. The summed E-state index contributed by atoms with van der Waals surface area (Å²) in [4.78, 5) is 27.9. The standard InChI is InChI=1S/C25H23BrF2N2O3/c1-16-12-22(33-15-18-8-9-19(27)14-21(18)28)23(26)25(32)30(16)20-7-5-6-17(13-20)24(31)29-10-3-2-4-11-29/h5-9,12-14H,2-4,10-11,15H2,1H3. The summed E-state index contributed by atoms with van der Waals surface area (Å²) in [6.45, 7) is 3.08. The number of hydrogen-bond acceptors (Lipinski definition) is 3. The quantitative estimate of drug-likeness (QED) is 0.456. The molecule has 0 aliphatic carbocycles. The van der Waals surface area contributed by atoms with Crippen LogP contribution in [0.4, 0.5) is 8.78 Å². The summed E-state index contributed by atoms with van der Waals surface area (Å²) < 4.78 is 34.3. The number of halogens is 3. The van der Waals surface area contributed by atoms with Crippen molar-refractivity contribution in [3.8, 4) is 11.4 Å². The van der Waals surface area contributed by atoms with Gasteiger partial charge >= 0.3 is 0 Å². The van der Waals surface area contributed by atoms with Gasteiger partial charge in [0.15, 0.2) is 0 Å². The van der Waals surface area contributed by atoms with Crippen molar-refractivity contribution in [1.29, 1.82) is 0 Å². The average molecular weight is 517 g/mol. The second kappa shape index (κ2) is 9.87. The van der Waals surface area contributed by atoms with E-state index in [0.717, 1.165) is 44.5 Å². The third kappa shape index (κ3) is 5.00. The summed E-state index contributed by atoms with van der Waals surface area (Å²) in [5.74, 6) is -1.18. The maximum atomic E-state index is 13.9. The van der Waals surface area contributed by atoms with Crippen molar-refractivity contribution in [2.45, 2.75) is 32.8 Å². The SMILES string of the molecule is Cc1cc(OCc2ccc(F)cc2F)c(Br)c(=O)n1-c1cccc(C(=O)N2CCCCC2)c1. The molecule has 1 aliphatic heterocycles. The Morgan fingerprint density at radius 3 is 2.55 bits per heavy atom. The van der Waals surface area contributed by atoms with Gasteiger partial charge in [0.1, 0.15) is 28.5 Å². The van der Waals surface area contributed by atoms with Crippen LogP contribution < -0.4 is 10.3 Å². The Morgan fingerprint density at radius 1 is 1.06 bits per heavy atom. The minimum absolute atomic E-state index is 0.0393. The number of nitrogens with zero attached hydrogens (tertiary/aromatic N) is 2. The van der Waals surface area contributed by atoms with Gasteiger partial charge in [0, 0.05) is 47.7 Å². The van der Waals surface area contributed by atoms with Gasteiger partial charge in [-0.15, -0.1) is 0 Å². The largest absolute Gasteiger partial charge is 0.487 e. The molecule has 4 rings (SSSR count). The van der Waals surface area contributed by atoms with E-state index in [1.807, 2.05) is 4.90 Å². The van der Waals surface area contributed by atoms with Gasteiger partial charge in [0.05, 0.1) is 0 Å². The molecule has 1 fully saturated rings. The Kier molecular flexibility index (Phi) is 6.93. The molecule has 8 heteroatoms. The van der Waals surface area contributed by atoms with E-state index in [1.54, 1.807) is 37.3 Å². The maximum Gasteiger partial charge on any atom is 0.273 e. The lowest BCUT2D eigenvalue weighted by atomic mass is 10.1. The lowest BCUT2D eigenvalue weighted by Gasteiger charge is -2.27. The van der Waals surface area contributed by atoms with E-state index in [2.05, 4.69) is 15.9 Å². The second-order valence-electron chi connectivity index (χ2n) is 8.03. The Morgan fingerprint density at radius 2 is 1.82 bits per heavy atom. The molecule has 1 aliphatic rings. The fourth-order valence-corrected chi connectivity index (χ4v) is 4.37. The monoisotopic (exact) mass is 516 g/mol. The van der Waals surface area contributed by atoms with E-state index in [-0.39, 0.29) is 33.9 Å². The molecule has 0 unspecified atom stereocenters. The van der Waals surface area contributed by atoms with Crippen molar-refractivity contribution in [1.82, 2.24) is 9.47 Å². The van der Waals surface area contributed by atoms with Gasteiger partial charge in [0.25, 0.3) is 11.5 Å². The summed E-state index contributed by atoms with van der Waals surface area (Å²) in [6.07, 6.45) is 3.13. The molecule has 3 aromatic rings. The average Bonchev–Trinajstić information content (AvgIpc) is 2.82. The van der Waals surface area contributed by atoms with Crippen molar-refractivity contribution in [2.75, 3.05) is 13.1 Å². The summed E-state index contributed by atoms with van der Waals surface area (Å²) >= 11 is 3.29. The normalized spacial score (nSPS) is 13.8. The van der Waals surface area contributed by atoms with E-state index < -0.39 is 11.6 Å². The molecule has 2 heterocycles. The molecular weight excluding hydrogens is 494 g/mol. The number of carbonyl (C=O) groups excluding carboxylic acids is 1. The van der Waals surface area contributed by atoms with Crippen LogP contribution in [0.5, 0.6) is 5.75 Å². The maximum absolute atomic E-state index is 13.9. The Bertz CT molecular complexity index is 1250. The summed E-state index contributed by atoms with van der Waals surface area (Å²) in [5.41, 5.74) is 1.49. The first-order chi connectivity index (χ1) is 15.8. The Hall–Kier alpha value is -3.00. The highest BCUT2D eigenvalue weighted by Crippen LogP contribution is 2.26. The minimum atomic E-state index is -0.716. The molecule has 0 radical (unpaired) electrons. The van der Waals surface area contributed by atoms with Crippen molar-refractivity contribution in [3.05, 3.63) is 91.8 Å². The number of amides is 1. The molecule has 0 spiro atoms. The predicted octanol–water partition coefficient (Wildman–Crippen LogP) is 5.39. The smallest absolute Gasteiger partial charge is 0.273 e. The lowest BCUT2D eigenvalue weighted by molar-refractivity contribution is 0.0724. The number of benzene rings is 2. The van der Waals surface area contributed by atoms with Crippen molar-refractivity contribution < 1.29 is 18.3 Å². The minimum Gasteiger partial charge on any atom is -0.487 e. The van der Waals surface area contributed by atoms with Crippen LogP contribution in [0.2, 0.25) is 0 Å². The molecule has 1 amide bonds. The zero-order valence-corrected chi connectivity index (χ0v) is 19.7. The van der Waals surface area contributed by atoms with Gasteiger partial charge in [-0.05, 0) is 72.4 Å². The van der Waals surface area contributed by atoms with Crippen molar-refractivity contribution >= 4 is 21.8 Å². The van der Waals surface area contributed by atoms with Gasteiger partial charge in [-0.1, -0.05) is 6.07 Å². The first-order valence-corrected chi connectivity index (χ1v) is 11.5. The lowest BCUT2D eigenvalue weighted by Crippen LogP contribution is -2.35. The van der Waals surface area contributed by atoms with Gasteiger partial charge in [-0.3, -0.25) is 14.2 Å². The van der Waals surface area contributed by atoms with Crippen LogP contribution in [0, 0.1) is 18.6 Å². The highest BCUT2D eigenvalue weighted by molar-refractivity contribution is 9.10. The molecule has 2 aromatic carbocycles. The van der Waals surface area contributed by atoms with E-state index in [4.69, 9.17) is 4.74 Å². The number of carbonyl (C=O) groups is 1. The van der Waals surface area contributed by atoms with Crippen LogP contribution in [0.15, 0.2) is 57.8 Å². The number of piperidine rings is 1. The third-order valence-corrected chi connectivity index (χ3v) is 6.42. The second-order valence-corrected chi connectivity index (χ2v) is 8.83. The van der Waals surface area contributed by atoms with E-state index in [0.29, 0.717) is 16.9 Å².